The van der Waals surface area contributed by atoms with Crippen molar-refractivity contribution in [1.29, 1.82) is 0 Å². The van der Waals surface area contributed by atoms with Gasteiger partial charge < -0.3 is 47.2 Å². The minimum absolute atomic E-state index is 0.133. The first-order chi connectivity index (χ1) is 18.0. The molecule has 0 aliphatic carbocycles. The molecule has 0 heterocycles. The number of carbonyl (C=O) groups is 7. The number of carbonyl (C=O) groups excluding carboxylic acids is 6. The monoisotopic (exact) mass is 563 g/mol. The molecule has 10 N–H and O–H groups in total. The lowest BCUT2D eigenvalue weighted by Gasteiger charge is -2.30. The zero-order chi connectivity index (χ0) is 30.6. The fourth-order valence-electron chi connectivity index (χ4n) is 3.06. The normalized spacial score (nSPS) is 16.3. The lowest BCUT2D eigenvalue weighted by molar-refractivity contribution is -0.144. The quantitative estimate of drug-likeness (QED) is 0.0804. The summed E-state index contributed by atoms with van der Waals surface area (Å²) in [4.78, 5) is 84.7. The maximum atomic E-state index is 12.9. The Morgan fingerprint density at radius 1 is 0.897 bits per heavy atom. The number of nitrogens with one attached hydrogen (secondary N) is 3. The van der Waals surface area contributed by atoms with Gasteiger partial charge in [0.1, 0.15) is 36.4 Å². The topological polar surface area (TPSA) is 286 Å². The fraction of sp³-hybridized carbons (Fsp3) is 0.682. The Hall–Kier alpha value is -3.67. The summed E-state index contributed by atoms with van der Waals surface area (Å²) in [6, 6.07) is -4.62. The number of aliphatic hydroxyl groups is 4. The average Bonchev–Trinajstić information content (AvgIpc) is 2.90. The minimum Gasteiger partial charge on any atom is -0.465 e. The first kappa shape index (κ1) is 35.3. The van der Waals surface area contributed by atoms with Crippen molar-refractivity contribution < 1.29 is 59.1 Å². The standard InChI is InChI=1S/C22H37N5O12/c1-5-13(30)26-15(18(34)17(33)12(29)8-28)16(32)9(2)20(36)24-10(3)21(37)25-11(19(23)35)6-7-14(31)27(4)22(38)39/h9-12,15,17-18,28-29,33-34H,5-8H2,1-4H3,(H2,23,35)(H,24,36)(H,25,37)(H,26,30)(H,38,39)/t9?,10?,11?,12-,15+,17-,18-/m1/s1. The Morgan fingerprint density at radius 3 is 1.92 bits per heavy atom. The Morgan fingerprint density at radius 2 is 1.46 bits per heavy atom. The van der Waals surface area contributed by atoms with Gasteiger partial charge in [-0.2, -0.15) is 0 Å². The van der Waals surface area contributed by atoms with E-state index < -0.39 is 96.8 Å². The third-order valence-corrected chi connectivity index (χ3v) is 5.76. The SMILES string of the molecule is CCC(=O)N[C@@H](C(=O)C(C)C(=O)NC(C)C(=O)NC(CCC(=O)N(C)C(=O)O)C(N)=O)[C@@H](O)[C@H](O)[C@H](O)CO. The average molecular weight is 564 g/mol. The molecule has 0 bridgehead atoms. The van der Waals surface area contributed by atoms with E-state index >= 15 is 0 Å². The van der Waals surface area contributed by atoms with Crippen molar-refractivity contribution in [3.8, 4) is 0 Å². The maximum absolute atomic E-state index is 12.9. The Bertz CT molecular complexity index is 929. The van der Waals surface area contributed by atoms with Crippen LogP contribution in [0.2, 0.25) is 0 Å². The molecule has 0 aliphatic rings. The number of imide groups is 1. The molecule has 0 aromatic rings. The second-order valence-electron chi connectivity index (χ2n) is 8.72. The van der Waals surface area contributed by atoms with E-state index in [4.69, 9.17) is 15.9 Å². The van der Waals surface area contributed by atoms with Crippen LogP contribution in [0.4, 0.5) is 4.79 Å². The van der Waals surface area contributed by atoms with Gasteiger partial charge in [0.05, 0.1) is 12.5 Å². The lowest BCUT2D eigenvalue weighted by Crippen LogP contribution is -2.59. The molecule has 17 nitrogen and oxygen atoms in total. The largest absolute Gasteiger partial charge is 0.465 e. The van der Waals surface area contributed by atoms with Crippen LogP contribution in [0.1, 0.15) is 40.0 Å². The number of nitrogens with zero attached hydrogens (tertiary/aromatic N) is 1. The molecule has 6 amide bonds. The van der Waals surface area contributed by atoms with Crippen LogP contribution in [0.5, 0.6) is 0 Å². The predicted octanol–water partition coefficient (Wildman–Crippen LogP) is -4.45. The van der Waals surface area contributed by atoms with Gasteiger partial charge in [0.25, 0.3) is 0 Å². The highest BCUT2D eigenvalue weighted by atomic mass is 16.4. The molecule has 0 rings (SSSR count). The number of nitrogens with two attached hydrogens (primary N) is 1. The van der Waals surface area contributed by atoms with E-state index in [-0.39, 0.29) is 12.8 Å². The number of hydrogen-bond acceptors (Lipinski definition) is 11. The van der Waals surface area contributed by atoms with Crippen LogP contribution in [0.25, 0.3) is 0 Å². The number of primary amides is 1. The highest BCUT2D eigenvalue weighted by molar-refractivity contribution is 6.06. The third-order valence-electron chi connectivity index (χ3n) is 5.76. The molecule has 0 saturated heterocycles. The smallest absolute Gasteiger partial charge is 0.413 e. The van der Waals surface area contributed by atoms with Gasteiger partial charge in [-0.05, 0) is 20.3 Å². The van der Waals surface area contributed by atoms with Crippen LogP contribution in [-0.4, -0.2) is 122 Å². The van der Waals surface area contributed by atoms with Crippen LogP contribution < -0.4 is 21.7 Å². The van der Waals surface area contributed by atoms with Crippen LogP contribution >= 0.6 is 0 Å². The Kier molecular flexibility index (Phi) is 14.8. The minimum atomic E-state index is -2.11. The van der Waals surface area contributed by atoms with Gasteiger partial charge in [-0.1, -0.05) is 6.92 Å². The molecule has 3 unspecified atom stereocenters. The van der Waals surface area contributed by atoms with Crippen LogP contribution in [0, 0.1) is 5.92 Å². The van der Waals surface area contributed by atoms with E-state index in [0.29, 0.717) is 4.90 Å². The number of rotatable bonds is 16. The van der Waals surface area contributed by atoms with Gasteiger partial charge in [0.2, 0.25) is 29.5 Å². The summed E-state index contributed by atoms with van der Waals surface area (Å²) in [5.74, 6) is -7.31. The number of aliphatic hydroxyl groups excluding tert-OH is 4. The summed E-state index contributed by atoms with van der Waals surface area (Å²) in [5.41, 5.74) is 5.23. The highest BCUT2D eigenvalue weighted by Gasteiger charge is 2.40. The van der Waals surface area contributed by atoms with Crippen molar-refractivity contribution in [1.82, 2.24) is 20.9 Å². The number of carboxylic acid groups (broad SMARTS) is 1. The molecule has 0 radical (unpaired) electrons. The zero-order valence-corrected chi connectivity index (χ0v) is 22.0. The molecular formula is C22H37N5O12. The summed E-state index contributed by atoms with van der Waals surface area (Å²) in [5, 5.41) is 54.3. The highest BCUT2D eigenvalue weighted by Crippen LogP contribution is 2.12. The van der Waals surface area contributed by atoms with E-state index in [2.05, 4.69) is 16.0 Å². The van der Waals surface area contributed by atoms with Crippen molar-refractivity contribution in [3.63, 3.8) is 0 Å². The lowest BCUT2D eigenvalue weighted by atomic mass is 9.90. The maximum Gasteiger partial charge on any atom is 0.413 e. The second-order valence-corrected chi connectivity index (χ2v) is 8.72. The molecule has 39 heavy (non-hydrogen) atoms. The van der Waals surface area contributed by atoms with Crippen LogP contribution in [0.3, 0.4) is 0 Å². The molecule has 7 atom stereocenters. The summed E-state index contributed by atoms with van der Waals surface area (Å²) in [6.07, 6.45) is -8.48. The number of Topliss-reactive ketones (excluding diaryl/α,β-unsaturated/α-hetero) is 1. The molecule has 222 valence electrons. The number of hydrogen-bond donors (Lipinski definition) is 9. The summed E-state index contributed by atoms with van der Waals surface area (Å²) < 4.78 is 0. The van der Waals surface area contributed by atoms with Gasteiger partial charge in [-0.3, -0.25) is 33.7 Å². The van der Waals surface area contributed by atoms with Gasteiger partial charge in [-0.15, -0.1) is 0 Å². The molecule has 17 heteroatoms. The van der Waals surface area contributed by atoms with Crippen molar-refractivity contribution in [3.05, 3.63) is 0 Å². The summed E-state index contributed by atoms with van der Waals surface area (Å²) >= 11 is 0. The first-order valence-corrected chi connectivity index (χ1v) is 11.9. The Labute approximate surface area is 223 Å². The van der Waals surface area contributed by atoms with Crippen molar-refractivity contribution in [2.24, 2.45) is 11.7 Å². The van der Waals surface area contributed by atoms with Crippen molar-refractivity contribution in [2.45, 2.75) is 76.5 Å². The fourth-order valence-corrected chi connectivity index (χ4v) is 3.06. The molecular weight excluding hydrogens is 526 g/mol. The van der Waals surface area contributed by atoms with Crippen LogP contribution in [0.15, 0.2) is 0 Å². The number of amides is 6. The van der Waals surface area contributed by atoms with Crippen molar-refractivity contribution in [2.75, 3.05) is 13.7 Å². The van der Waals surface area contributed by atoms with E-state index in [1.54, 1.807) is 0 Å². The van der Waals surface area contributed by atoms with Gasteiger partial charge in [-0.25, -0.2) is 4.79 Å². The summed E-state index contributed by atoms with van der Waals surface area (Å²) in [6.45, 7) is 2.74. The third kappa shape index (κ3) is 10.9. The number of ketones is 1. The van der Waals surface area contributed by atoms with Crippen molar-refractivity contribution >= 4 is 41.4 Å². The first-order valence-electron chi connectivity index (χ1n) is 11.9. The molecule has 0 aromatic heterocycles. The van der Waals surface area contributed by atoms with Crippen LogP contribution in [-0.2, 0) is 28.8 Å². The van der Waals surface area contributed by atoms with E-state index in [0.717, 1.165) is 14.0 Å². The molecule has 0 fully saturated rings. The Balaban J connectivity index is 5.41. The molecule has 0 aromatic carbocycles. The predicted molar refractivity (Wildman–Crippen MR) is 130 cm³/mol. The van der Waals surface area contributed by atoms with E-state index in [1.807, 2.05) is 0 Å². The summed E-state index contributed by atoms with van der Waals surface area (Å²) in [7, 11) is 0.995. The van der Waals surface area contributed by atoms with E-state index in [1.165, 1.54) is 13.8 Å². The van der Waals surface area contributed by atoms with Gasteiger partial charge >= 0.3 is 6.09 Å². The second kappa shape index (κ2) is 16.3. The molecule has 0 saturated carbocycles. The molecule has 0 spiro atoms. The van der Waals surface area contributed by atoms with E-state index in [9.17, 15) is 48.9 Å². The van der Waals surface area contributed by atoms with Gasteiger partial charge in [0, 0.05) is 19.9 Å². The zero-order valence-electron chi connectivity index (χ0n) is 22.0. The molecule has 0 aliphatic heterocycles. The van der Waals surface area contributed by atoms with Gasteiger partial charge in [0.15, 0.2) is 5.78 Å².